The molecule has 8 heteroatoms. The second-order valence-corrected chi connectivity index (χ2v) is 8.23. The molecule has 1 aliphatic rings. The Morgan fingerprint density at radius 2 is 1.88 bits per heavy atom. The number of nitro benzene ring substituents is 1. The molecule has 164 valence electrons. The largest absolute Gasteiger partial charge is 0.459 e. The lowest BCUT2D eigenvalue weighted by molar-refractivity contribution is -0.384. The molecule has 0 unspecified atom stereocenters. The van der Waals surface area contributed by atoms with Crippen molar-refractivity contribution in [2.45, 2.75) is 19.0 Å². The van der Waals surface area contributed by atoms with E-state index >= 15 is 0 Å². The Labute approximate surface area is 195 Å². The molecule has 4 aromatic rings. The number of rotatable bonds is 5. The average Bonchev–Trinajstić information content (AvgIpc) is 3.45. The lowest BCUT2D eigenvalue weighted by Crippen LogP contribution is -2.29. The van der Waals surface area contributed by atoms with E-state index in [0.717, 1.165) is 16.9 Å². The fourth-order valence-corrected chi connectivity index (χ4v) is 4.41. The first-order valence-corrected chi connectivity index (χ1v) is 10.8. The summed E-state index contributed by atoms with van der Waals surface area (Å²) < 4.78 is 6.27. The molecule has 0 bridgehead atoms. The number of hydrogen-bond donors (Lipinski definition) is 1. The number of nitro groups is 1. The maximum atomic E-state index is 11.2. The van der Waals surface area contributed by atoms with Crippen LogP contribution in [-0.2, 0) is 0 Å². The van der Waals surface area contributed by atoms with Crippen molar-refractivity contribution < 1.29 is 9.34 Å². The van der Waals surface area contributed by atoms with Gasteiger partial charge in [0.2, 0.25) is 0 Å². The van der Waals surface area contributed by atoms with Gasteiger partial charge in [-0.15, -0.1) is 0 Å². The highest BCUT2D eigenvalue weighted by Gasteiger charge is 2.42. The fourth-order valence-electron chi connectivity index (χ4n) is 4.07. The molecule has 0 spiro atoms. The van der Waals surface area contributed by atoms with E-state index < -0.39 is 4.92 Å². The third-order valence-corrected chi connectivity index (χ3v) is 5.98. The van der Waals surface area contributed by atoms with E-state index in [1.807, 2.05) is 66.4 Å². The number of pyridine rings is 1. The summed E-state index contributed by atoms with van der Waals surface area (Å²) in [6, 6.07) is 23.5. The van der Waals surface area contributed by atoms with Crippen molar-refractivity contribution >= 4 is 28.7 Å². The van der Waals surface area contributed by atoms with Crippen molar-refractivity contribution in [2.24, 2.45) is 0 Å². The zero-order chi connectivity index (χ0) is 22.9. The van der Waals surface area contributed by atoms with Crippen LogP contribution >= 0.6 is 12.2 Å². The molecule has 1 saturated heterocycles. The zero-order valence-corrected chi connectivity index (χ0v) is 18.5. The van der Waals surface area contributed by atoms with Gasteiger partial charge in [0.25, 0.3) is 5.69 Å². The van der Waals surface area contributed by atoms with Gasteiger partial charge in [-0.1, -0.05) is 35.9 Å². The summed E-state index contributed by atoms with van der Waals surface area (Å²) in [6.45, 7) is 2.04. The fraction of sp³-hybridized carbons (Fsp3) is 0.120. The molecule has 0 amide bonds. The maximum absolute atomic E-state index is 11.2. The molecular weight excluding hydrogens is 436 g/mol. The molecule has 33 heavy (non-hydrogen) atoms. The van der Waals surface area contributed by atoms with E-state index in [0.29, 0.717) is 22.2 Å². The Kier molecular flexibility index (Phi) is 5.35. The molecule has 7 nitrogen and oxygen atoms in total. The van der Waals surface area contributed by atoms with Crippen molar-refractivity contribution in [3.8, 4) is 11.3 Å². The third-order valence-electron chi connectivity index (χ3n) is 5.67. The number of aromatic nitrogens is 1. The number of thiocarbonyl (C=S) groups is 1. The van der Waals surface area contributed by atoms with Gasteiger partial charge in [0.05, 0.1) is 16.7 Å². The number of furan rings is 1. The highest BCUT2D eigenvalue weighted by molar-refractivity contribution is 7.80. The van der Waals surface area contributed by atoms with E-state index in [2.05, 4.69) is 10.3 Å². The minimum absolute atomic E-state index is 0.0156. The Balaban J connectivity index is 1.58. The van der Waals surface area contributed by atoms with Gasteiger partial charge in [0, 0.05) is 29.6 Å². The molecule has 1 N–H and O–H groups in total. The molecule has 0 aliphatic carbocycles. The SMILES string of the molecule is Cc1ccc(N2C(=S)N[C@@H](c3ccccn3)[C@@H]2c2ccc(-c3cccc([N+](=O)[O-])c3)o2)cc1. The van der Waals surface area contributed by atoms with Crippen LogP contribution in [0.2, 0.25) is 0 Å². The number of non-ortho nitro benzene ring substituents is 1. The Bertz CT molecular complexity index is 1320. The molecule has 0 saturated carbocycles. The predicted octanol–water partition coefficient (Wildman–Crippen LogP) is 5.74. The molecule has 1 fully saturated rings. The number of hydrogen-bond acceptors (Lipinski definition) is 5. The summed E-state index contributed by atoms with van der Waals surface area (Å²) in [5.74, 6) is 1.23. The second-order valence-electron chi connectivity index (χ2n) is 7.84. The predicted molar refractivity (Wildman–Crippen MR) is 130 cm³/mol. The number of nitrogens with one attached hydrogen (secondary N) is 1. The van der Waals surface area contributed by atoms with Crippen molar-refractivity contribution in [2.75, 3.05) is 4.90 Å². The van der Waals surface area contributed by atoms with Crippen LogP contribution in [0.4, 0.5) is 11.4 Å². The quantitative estimate of drug-likeness (QED) is 0.233. The van der Waals surface area contributed by atoms with Crippen molar-refractivity contribution in [3.63, 3.8) is 0 Å². The average molecular weight is 457 g/mol. The molecule has 2 aromatic carbocycles. The number of nitrogens with zero attached hydrogens (tertiary/aromatic N) is 3. The molecule has 1 aliphatic heterocycles. The molecule has 2 atom stereocenters. The number of aryl methyl sites for hydroxylation is 1. The van der Waals surface area contributed by atoms with E-state index in [-0.39, 0.29) is 17.8 Å². The number of benzene rings is 2. The van der Waals surface area contributed by atoms with Crippen LogP contribution in [0.15, 0.2) is 89.5 Å². The zero-order valence-electron chi connectivity index (χ0n) is 17.7. The molecule has 5 rings (SSSR count). The van der Waals surface area contributed by atoms with Gasteiger partial charge in [-0.25, -0.2) is 0 Å². The molecule has 0 radical (unpaired) electrons. The first-order valence-electron chi connectivity index (χ1n) is 10.4. The summed E-state index contributed by atoms with van der Waals surface area (Å²) in [5, 5.41) is 15.2. The van der Waals surface area contributed by atoms with Crippen LogP contribution in [0.5, 0.6) is 0 Å². The third kappa shape index (κ3) is 3.96. The van der Waals surface area contributed by atoms with E-state index in [1.165, 1.54) is 12.1 Å². The highest BCUT2D eigenvalue weighted by Crippen LogP contribution is 2.43. The first kappa shape index (κ1) is 20.8. The van der Waals surface area contributed by atoms with Crippen LogP contribution in [0.3, 0.4) is 0 Å². The Morgan fingerprint density at radius 3 is 2.61 bits per heavy atom. The topological polar surface area (TPSA) is 84.4 Å². The smallest absolute Gasteiger partial charge is 0.270 e. The summed E-state index contributed by atoms with van der Waals surface area (Å²) >= 11 is 5.73. The standard InChI is InChI=1S/C25H20N4O3S/c1-16-8-10-18(11-9-16)28-24(23(27-25(28)33)20-7-2-3-14-26-20)22-13-12-21(32-22)17-5-4-6-19(15-17)29(30)31/h2-15,23-24H,1H3,(H,27,33)/t23-,24-/m0/s1. The lowest BCUT2D eigenvalue weighted by Gasteiger charge is -2.26. The van der Waals surface area contributed by atoms with E-state index in [1.54, 1.807) is 18.3 Å². The second kappa shape index (κ2) is 8.48. The van der Waals surface area contributed by atoms with Crippen LogP contribution < -0.4 is 10.2 Å². The van der Waals surface area contributed by atoms with Gasteiger partial charge in [0.1, 0.15) is 17.6 Å². The van der Waals surface area contributed by atoms with Gasteiger partial charge in [0.15, 0.2) is 5.11 Å². The minimum Gasteiger partial charge on any atom is -0.459 e. The van der Waals surface area contributed by atoms with Crippen LogP contribution in [0.25, 0.3) is 11.3 Å². The number of anilines is 1. The highest BCUT2D eigenvalue weighted by atomic mass is 32.1. The minimum atomic E-state index is -0.414. The molecule has 3 heterocycles. The monoisotopic (exact) mass is 456 g/mol. The van der Waals surface area contributed by atoms with Crippen LogP contribution in [-0.4, -0.2) is 15.0 Å². The van der Waals surface area contributed by atoms with E-state index in [9.17, 15) is 10.1 Å². The van der Waals surface area contributed by atoms with Crippen molar-refractivity contribution in [3.05, 3.63) is 112 Å². The van der Waals surface area contributed by atoms with Gasteiger partial charge in [-0.05, 0) is 55.5 Å². The van der Waals surface area contributed by atoms with Crippen LogP contribution in [0.1, 0.15) is 29.1 Å². The lowest BCUT2D eigenvalue weighted by atomic mass is 10.0. The van der Waals surface area contributed by atoms with Crippen LogP contribution in [0, 0.1) is 17.0 Å². The normalized spacial score (nSPS) is 17.7. The van der Waals surface area contributed by atoms with E-state index in [4.69, 9.17) is 16.6 Å². The van der Waals surface area contributed by atoms with Crippen molar-refractivity contribution in [1.82, 2.24) is 10.3 Å². The Morgan fingerprint density at radius 1 is 1.06 bits per heavy atom. The van der Waals surface area contributed by atoms with Gasteiger partial charge in [-0.2, -0.15) is 0 Å². The van der Waals surface area contributed by atoms with Gasteiger partial charge < -0.3 is 14.6 Å². The van der Waals surface area contributed by atoms with Crippen molar-refractivity contribution in [1.29, 1.82) is 0 Å². The Hall–Kier alpha value is -4.04. The molecular formula is C25H20N4O3S. The van der Waals surface area contributed by atoms with Gasteiger partial charge in [-0.3, -0.25) is 15.1 Å². The summed E-state index contributed by atoms with van der Waals surface area (Å²) in [6.07, 6.45) is 1.75. The first-order chi connectivity index (χ1) is 16.0. The maximum Gasteiger partial charge on any atom is 0.270 e. The summed E-state index contributed by atoms with van der Waals surface area (Å²) in [5.41, 5.74) is 3.59. The summed E-state index contributed by atoms with van der Waals surface area (Å²) in [7, 11) is 0. The molecule has 2 aromatic heterocycles. The summed E-state index contributed by atoms with van der Waals surface area (Å²) in [4.78, 5) is 17.4. The van der Waals surface area contributed by atoms with Gasteiger partial charge >= 0.3 is 0 Å².